The first-order valence-electron chi connectivity index (χ1n) is 11.1. The van der Waals surface area contributed by atoms with Gasteiger partial charge < -0.3 is 5.11 Å². The molecule has 0 aliphatic heterocycles. The predicted molar refractivity (Wildman–Crippen MR) is 142 cm³/mol. The first-order valence-corrected chi connectivity index (χ1v) is 13.0. The van der Waals surface area contributed by atoms with Gasteiger partial charge in [-0.25, -0.2) is 17.9 Å². The summed E-state index contributed by atoms with van der Waals surface area (Å²) in [6, 6.07) is 26.2. The van der Waals surface area contributed by atoms with E-state index in [0.29, 0.717) is 33.4 Å². The van der Waals surface area contributed by atoms with Gasteiger partial charge in [0.2, 0.25) is 10.0 Å². The Morgan fingerprint density at radius 2 is 1.44 bits per heavy atom. The van der Waals surface area contributed by atoms with E-state index in [1.165, 1.54) is 11.5 Å². The molecule has 0 aliphatic carbocycles. The lowest BCUT2D eigenvalue weighted by Crippen LogP contribution is -2.24. The van der Waals surface area contributed by atoms with Crippen molar-refractivity contribution in [3.8, 4) is 0 Å². The Kier molecular flexibility index (Phi) is 7.64. The minimum Gasteiger partial charge on any atom is -0.475 e. The average molecular weight is 520 g/mol. The van der Waals surface area contributed by atoms with Crippen LogP contribution in [0, 0.1) is 0 Å². The van der Waals surface area contributed by atoms with Gasteiger partial charge in [0.05, 0.1) is 5.41 Å². The second kappa shape index (κ2) is 10.9. The predicted octanol–water partition coefficient (Wildman–Crippen LogP) is 5.31. The summed E-state index contributed by atoms with van der Waals surface area (Å²) in [5.41, 5.74) is 2.87. The molecule has 4 aromatic rings. The summed E-state index contributed by atoms with van der Waals surface area (Å²) >= 11 is 6.01. The minimum atomic E-state index is -3.82. The summed E-state index contributed by atoms with van der Waals surface area (Å²) in [4.78, 5) is 23.2. The van der Waals surface area contributed by atoms with E-state index in [1.54, 1.807) is 48.5 Å². The fourth-order valence-corrected chi connectivity index (χ4v) is 5.16. The summed E-state index contributed by atoms with van der Waals surface area (Å²) in [6.07, 6.45) is 0.344. The maximum Gasteiger partial charge on any atom is 0.377 e. The topological polar surface area (TPSA) is 101 Å². The van der Waals surface area contributed by atoms with Gasteiger partial charge in [-0.1, -0.05) is 90.5 Å². The number of hydrogen-bond acceptors (Lipinski definition) is 4. The van der Waals surface area contributed by atoms with E-state index < -0.39 is 21.8 Å². The van der Waals surface area contributed by atoms with Gasteiger partial charge in [-0.2, -0.15) is 0 Å². The van der Waals surface area contributed by atoms with Crippen LogP contribution in [0.1, 0.15) is 27.0 Å². The van der Waals surface area contributed by atoms with Crippen molar-refractivity contribution in [2.24, 2.45) is 0 Å². The van der Waals surface area contributed by atoms with Crippen LogP contribution in [0.15, 0.2) is 96.4 Å². The number of rotatable bonds is 9. The zero-order valence-electron chi connectivity index (χ0n) is 19.0. The molecule has 0 amide bonds. The van der Waals surface area contributed by atoms with Crippen molar-refractivity contribution < 1.29 is 23.1 Å². The zero-order valence-corrected chi connectivity index (χ0v) is 20.6. The Labute approximate surface area is 213 Å². The maximum absolute atomic E-state index is 13.0. The van der Waals surface area contributed by atoms with E-state index in [2.05, 4.69) is 4.72 Å². The van der Waals surface area contributed by atoms with Gasteiger partial charge in [-0.15, -0.1) is 0 Å². The molecule has 8 heteroatoms. The third-order valence-electron chi connectivity index (χ3n) is 5.66. The van der Waals surface area contributed by atoms with Crippen molar-refractivity contribution in [3.63, 3.8) is 0 Å². The lowest BCUT2D eigenvalue weighted by Gasteiger charge is -2.11. The summed E-state index contributed by atoms with van der Waals surface area (Å²) in [6.45, 7) is 0.109. The van der Waals surface area contributed by atoms with Gasteiger partial charge in [0.25, 0.3) is 5.78 Å². The highest BCUT2D eigenvalue weighted by Crippen LogP contribution is 2.26. The fourth-order valence-electron chi connectivity index (χ4n) is 3.98. The Balaban J connectivity index is 1.58. The molecule has 4 aromatic carbocycles. The lowest BCUT2D eigenvalue weighted by molar-refractivity contribution is -0.131. The monoisotopic (exact) mass is 519 g/mol. The molecule has 0 aliphatic rings. The number of carbonyl (C=O) groups is 2. The Morgan fingerprint density at radius 1 is 0.806 bits per heavy atom. The van der Waals surface area contributed by atoms with Gasteiger partial charge in [-0.05, 0) is 46.0 Å². The highest BCUT2D eigenvalue weighted by Gasteiger charge is 2.18. The van der Waals surface area contributed by atoms with E-state index in [1.807, 2.05) is 36.4 Å². The van der Waals surface area contributed by atoms with Gasteiger partial charge in [0, 0.05) is 22.7 Å². The van der Waals surface area contributed by atoms with E-state index in [-0.39, 0.29) is 12.1 Å². The van der Waals surface area contributed by atoms with Crippen molar-refractivity contribution in [1.82, 2.24) is 4.72 Å². The number of ketones is 1. The second-order valence-electron chi connectivity index (χ2n) is 8.05. The van der Waals surface area contributed by atoms with E-state index in [0.717, 1.165) is 11.1 Å². The standard InChI is InChI=1S/C28H22ClNO5S/c29-22-14-12-21(13-15-22)26(19-6-2-1-3-7-19)18-36(34,35)30-17-16-20-8-4-10-24-23(20)9-5-11-25(24)27(31)28(32)33/h1-15,18,30H,16-17H2,(H,32,33). The molecule has 0 aromatic heterocycles. The molecule has 0 radical (unpaired) electrons. The fraction of sp³-hybridized carbons (Fsp3) is 0.0714. The first kappa shape index (κ1) is 25.3. The molecule has 2 N–H and O–H groups in total. The van der Waals surface area contributed by atoms with Crippen LogP contribution in [-0.2, 0) is 21.2 Å². The van der Waals surface area contributed by atoms with Crippen LogP contribution in [0.2, 0.25) is 5.02 Å². The Morgan fingerprint density at radius 3 is 2.14 bits per heavy atom. The highest BCUT2D eigenvalue weighted by molar-refractivity contribution is 7.92. The van der Waals surface area contributed by atoms with Gasteiger partial charge in [0.1, 0.15) is 0 Å². The molecule has 182 valence electrons. The molecule has 0 heterocycles. The van der Waals surface area contributed by atoms with E-state index in [4.69, 9.17) is 16.7 Å². The number of Topliss-reactive ketones (excluding diaryl/α,β-unsaturated/α-hetero) is 1. The molecule has 4 rings (SSSR count). The van der Waals surface area contributed by atoms with Gasteiger partial charge in [-0.3, -0.25) is 4.79 Å². The average Bonchev–Trinajstić information content (AvgIpc) is 2.87. The number of carboxylic acid groups (broad SMARTS) is 1. The molecule has 6 nitrogen and oxygen atoms in total. The first-order chi connectivity index (χ1) is 17.2. The van der Waals surface area contributed by atoms with Crippen molar-refractivity contribution >= 4 is 49.7 Å². The summed E-state index contributed by atoms with van der Waals surface area (Å²) < 4.78 is 28.6. The smallest absolute Gasteiger partial charge is 0.377 e. The number of hydrogen-bond donors (Lipinski definition) is 2. The third kappa shape index (κ3) is 5.88. The number of carboxylic acids is 1. The second-order valence-corrected chi connectivity index (χ2v) is 10.1. The molecular weight excluding hydrogens is 498 g/mol. The highest BCUT2D eigenvalue weighted by atomic mass is 35.5. The molecule has 0 unspecified atom stereocenters. The summed E-state index contributed by atoms with van der Waals surface area (Å²) in [7, 11) is -3.82. The molecule has 0 saturated carbocycles. The van der Waals surface area contributed by atoms with Crippen molar-refractivity contribution in [1.29, 1.82) is 0 Å². The molecule has 0 atom stereocenters. The molecule has 0 saturated heterocycles. The summed E-state index contributed by atoms with van der Waals surface area (Å²) in [5.74, 6) is -2.51. The van der Waals surface area contributed by atoms with E-state index >= 15 is 0 Å². The minimum absolute atomic E-state index is 0.0980. The SMILES string of the molecule is O=C(O)C(=O)c1cccc2c(CCNS(=O)(=O)C=C(c3ccccc3)c3ccc(Cl)cc3)cccc12. The van der Waals surface area contributed by atoms with Gasteiger partial charge >= 0.3 is 5.97 Å². The lowest BCUT2D eigenvalue weighted by atomic mass is 9.96. The normalized spacial score (nSPS) is 12.0. The molecule has 0 spiro atoms. The largest absolute Gasteiger partial charge is 0.475 e. The number of sulfonamides is 1. The summed E-state index contributed by atoms with van der Waals surface area (Å²) in [5, 5.41) is 12.1. The number of aliphatic carboxylic acids is 1. The number of halogens is 1. The van der Waals surface area contributed by atoms with Crippen LogP contribution in [-0.4, -0.2) is 31.8 Å². The van der Waals surface area contributed by atoms with Crippen molar-refractivity contribution in [3.05, 3.63) is 124 Å². The molecule has 36 heavy (non-hydrogen) atoms. The van der Waals surface area contributed by atoms with Crippen LogP contribution in [0.3, 0.4) is 0 Å². The molecular formula is C28H22ClNO5S. The number of nitrogens with one attached hydrogen (secondary N) is 1. The zero-order chi connectivity index (χ0) is 25.7. The van der Waals surface area contributed by atoms with Crippen LogP contribution < -0.4 is 4.72 Å². The quantitative estimate of drug-likeness (QED) is 0.230. The van der Waals surface area contributed by atoms with E-state index in [9.17, 15) is 18.0 Å². The van der Waals surface area contributed by atoms with Crippen LogP contribution in [0.5, 0.6) is 0 Å². The molecule has 0 fully saturated rings. The van der Waals surface area contributed by atoms with Crippen LogP contribution >= 0.6 is 11.6 Å². The number of carbonyl (C=O) groups excluding carboxylic acids is 1. The van der Waals surface area contributed by atoms with Crippen molar-refractivity contribution in [2.75, 3.05) is 6.54 Å². The Bertz CT molecular complexity index is 1560. The van der Waals surface area contributed by atoms with Crippen molar-refractivity contribution in [2.45, 2.75) is 6.42 Å². The number of benzene rings is 4. The van der Waals surface area contributed by atoms with Gasteiger partial charge in [0.15, 0.2) is 0 Å². The maximum atomic E-state index is 13.0. The third-order valence-corrected chi connectivity index (χ3v) is 7.07. The Hall–Kier alpha value is -3.78. The molecule has 0 bridgehead atoms. The number of fused-ring (bicyclic) bond motifs is 1. The van der Waals surface area contributed by atoms with Crippen LogP contribution in [0.4, 0.5) is 0 Å². The van der Waals surface area contributed by atoms with Crippen LogP contribution in [0.25, 0.3) is 16.3 Å².